The van der Waals surface area contributed by atoms with E-state index in [1.165, 1.54) is 0 Å². The van der Waals surface area contributed by atoms with Gasteiger partial charge in [-0.05, 0) is 43.7 Å². The van der Waals surface area contributed by atoms with Crippen molar-refractivity contribution >= 4 is 23.5 Å². The molecule has 25 heavy (non-hydrogen) atoms. The van der Waals surface area contributed by atoms with Crippen LogP contribution in [0.4, 0.5) is 5.69 Å². The zero-order chi connectivity index (χ0) is 17.8. The maximum atomic E-state index is 12.0. The van der Waals surface area contributed by atoms with Crippen molar-refractivity contribution < 1.29 is 14.3 Å². The number of carbonyl (C=O) groups is 1. The van der Waals surface area contributed by atoms with Gasteiger partial charge in [-0.1, -0.05) is 18.2 Å². The van der Waals surface area contributed by atoms with Crippen LogP contribution in [0.5, 0.6) is 11.5 Å². The Kier molecular flexibility index (Phi) is 4.79. The number of nitrogens with one attached hydrogen (secondary N) is 1. The second-order valence-electron chi connectivity index (χ2n) is 5.77. The Morgan fingerprint density at radius 1 is 1.12 bits per heavy atom. The van der Waals surface area contributed by atoms with E-state index in [1.807, 2.05) is 56.3 Å². The minimum atomic E-state index is -0.253. The molecule has 0 aliphatic carbocycles. The normalized spacial score (nSPS) is 14.9. The lowest BCUT2D eigenvalue weighted by atomic mass is 10.1. The summed E-state index contributed by atoms with van der Waals surface area (Å²) in [6, 6.07) is 12.9. The number of anilines is 1. The fourth-order valence-electron chi connectivity index (χ4n) is 2.47. The first kappa shape index (κ1) is 16.7. The molecule has 1 N–H and O–H groups in total. The van der Waals surface area contributed by atoms with Crippen LogP contribution >= 0.6 is 0 Å². The van der Waals surface area contributed by atoms with Crippen LogP contribution in [-0.2, 0) is 4.79 Å². The molecule has 0 unspecified atom stereocenters. The highest BCUT2D eigenvalue weighted by Crippen LogP contribution is 2.28. The smallest absolute Gasteiger partial charge is 0.276 e. The summed E-state index contributed by atoms with van der Waals surface area (Å²) >= 11 is 0. The van der Waals surface area contributed by atoms with Gasteiger partial charge < -0.3 is 14.8 Å². The predicted molar refractivity (Wildman–Crippen MR) is 98.0 cm³/mol. The second-order valence-corrected chi connectivity index (χ2v) is 5.77. The molecule has 0 aromatic heterocycles. The molecule has 1 aliphatic rings. The van der Waals surface area contributed by atoms with Gasteiger partial charge in [-0.3, -0.25) is 4.79 Å². The third-order valence-corrected chi connectivity index (χ3v) is 3.56. The highest BCUT2D eigenvalue weighted by Gasteiger charge is 2.25. The van der Waals surface area contributed by atoms with Crippen LogP contribution in [0.25, 0.3) is 0 Å². The number of rotatable bonds is 5. The molecule has 0 spiro atoms. The highest BCUT2D eigenvalue weighted by molar-refractivity contribution is 6.53. The van der Waals surface area contributed by atoms with Crippen molar-refractivity contribution in [1.82, 2.24) is 0 Å². The van der Waals surface area contributed by atoms with E-state index in [0.717, 1.165) is 16.8 Å². The van der Waals surface area contributed by atoms with Gasteiger partial charge in [-0.25, -0.2) is 0 Å². The average molecular weight is 337 g/mol. The topological polar surface area (TPSA) is 72.3 Å². The number of fused-ring (bicyclic) bond motifs is 1. The van der Waals surface area contributed by atoms with Crippen LogP contribution in [0, 0.1) is 0 Å². The van der Waals surface area contributed by atoms with E-state index < -0.39 is 0 Å². The Bertz CT molecular complexity index is 857. The summed E-state index contributed by atoms with van der Waals surface area (Å²) < 4.78 is 11.0. The molecule has 6 nitrogen and oxygen atoms in total. The summed E-state index contributed by atoms with van der Waals surface area (Å²) in [5, 5.41) is 10.9. The lowest BCUT2D eigenvalue weighted by Crippen LogP contribution is -2.13. The van der Waals surface area contributed by atoms with E-state index in [2.05, 4.69) is 15.5 Å². The number of methoxy groups -OCH3 is 1. The lowest BCUT2D eigenvalue weighted by molar-refractivity contribution is -0.110. The third-order valence-electron chi connectivity index (χ3n) is 3.56. The van der Waals surface area contributed by atoms with Crippen LogP contribution in [0.15, 0.2) is 52.7 Å². The number of amides is 1. The van der Waals surface area contributed by atoms with E-state index in [9.17, 15) is 4.79 Å². The fourth-order valence-corrected chi connectivity index (χ4v) is 2.47. The zero-order valence-corrected chi connectivity index (χ0v) is 14.3. The standard InChI is InChI=1S/C19H19N3O3/c1-12(2)25-16-9-8-13(10-17(16)24-3)11-20-22-18-14-6-4-5-7-15(14)21-19(18)23/h4-12H,1-3H3,(H,21,22,23)/b20-11-. The van der Waals surface area contributed by atoms with Crippen LogP contribution in [0.2, 0.25) is 0 Å². The van der Waals surface area contributed by atoms with Crippen LogP contribution in [-0.4, -0.2) is 31.0 Å². The van der Waals surface area contributed by atoms with E-state index in [-0.39, 0.29) is 12.0 Å². The molecule has 1 amide bonds. The van der Waals surface area contributed by atoms with E-state index in [1.54, 1.807) is 13.3 Å². The largest absolute Gasteiger partial charge is 0.493 e. The molecule has 3 rings (SSSR count). The molecule has 6 heteroatoms. The van der Waals surface area contributed by atoms with Gasteiger partial charge in [0.1, 0.15) is 0 Å². The SMILES string of the molecule is COc1cc(/C=N\N=C2C(=O)Nc3ccccc32)ccc1OC(C)C. The molecular weight excluding hydrogens is 318 g/mol. The fraction of sp³-hybridized carbons (Fsp3) is 0.211. The molecule has 2 aromatic rings. The van der Waals surface area contributed by atoms with Gasteiger partial charge in [0, 0.05) is 5.56 Å². The third kappa shape index (κ3) is 3.68. The van der Waals surface area contributed by atoms with E-state index in [4.69, 9.17) is 9.47 Å². The van der Waals surface area contributed by atoms with Crippen LogP contribution in [0.3, 0.4) is 0 Å². The Morgan fingerprint density at radius 2 is 1.92 bits per heavy atom. The van der Waals surface area contributed by atoms with Crippen LogP contribution in [0.1, 0.15) is 25.0 Å². The molecule has 0 atom stereocenters. The van der Waals surface area contributed by atoms with Gasteiger partial charge in [0.25, 0.3) is 5.91 Å². The maximum Gasteiger partial charge on any atom is 0.276 e. The quantitative estimate of drug-likeness (QED) is 0.672. The minimum Gasteiger partial charge on any atom is -0.493 e. The number of nitrogens with zero attached hydrogens (tertiary/aromatic N) is 2. The Balaban J connectivity index is 1.82. The number of benzene rings is 2. The van der Waals surface area contributed by atoms with Crippen molar-refractivity contribution in [2.45, 2.75) is 20.0 Å². The summed E-state index contributed by atoms with van der Waals surface area (Å²) in [7, 11) is 1.59. The molecule has 0 radical (unpaired) electrons. The summed E-state index contributed by atoms with van der Waals surface area (Å²) in [5.74, 6) is 1.04. The first-order valence-corrected chi connectivity index (χ1v) is 7.95. The van der Waals surface area contributed by atoms with Crippen molar-refractivity contribution in [2.24, 2.45) is 10.2 Å². The summed E-state index contributed by atoms with van der Waals surface area (Å²) in [5.41, 5.74) is 2.60. The summed E-state index contributed by atoms with van der Waals surface area (Å²) in [4.78, 5) is 12.0. The van der Waals surface area contributed by atoms with E-state index >= 15 is 0 Å². The molecule has 1 heterocycles. The van der Waals surface area contributed by atoms with Crippen molar-refractivity contribution in [1.29, 1.82) is 0 Å². The molecular formula is C19H19N3O3. The second kappa shape index (κ2) is 7.17. The number of hydrogen-bond donors (Lipinski definition) is 1. The predicted octanol–water partition coefficient (Wildman–Crippen LogP) is 3.26. The first-order chi connectivity index (χ1) is 12.1. The summed E-state index contributed by atoms with van der Waals surface area (Å²) in [6.07, 6.45) is 1.63. The number of carbonyl (C=O) groups excluding carboxylic acids is 1. The monoisotopic (exact) mass is 337 g/mol. The molecule has 0 bridgehead atoms. The maximum absolute atomic E-state index is 12.0. The lowest BCUT2D eigenvalue weighted by Gasteiger charge is -2.13. The van der Waals surface area contributed by atoms with Crippen molar-refractivity contribution in [2.75, 3.05) is 12.4 Å². The molecule has 0 saturated carbocycles. The zero-order valence-electron chi connectivity index (χ0n) is 14.3. The highest BCUT2D eigenvalue weighted by atomic mass is 16.5. The molecule has 2 aromatic carbocycles. The van der Waals surface area contributed by atoms with Crippen molar-refractivity contribution in [3.8, 4) is 11.5 Å². The summed E-state index contributed by atoms with van der Waals surface area (Å²) in [6.45, 7) is 3.91. The molecule has 1 aliphatic heterocycles. The van der Waals surface area contributed by atoms with Gasteiger partial charge in [0.15, 0.2) is 17.2 Å². The molecule has 0 saturated heterocycles. The van der Waals surface area contributed by atoms with Gasteiger partial charge >= 0.3 is 0 Å². The minimum absolute atomic E-state index is 0.0563. The Hall–Kier alpha value is -3.15. The van der Waals surface area contributed by atoms with Gasteiger partial charge in [-0.2, -0.15) is 5.10 Å². The molecule has 0 fully saturated rings. The number of ether oxygens (including phenoxy) is 2. The van der Waals surface area contributed by atoms with Crippen LogP contribution < -0.4 is 14.8 Å². The Labute approximate surface area is 146 Å². The Morgan fingerprint density at radius 3 is 2.68 bits per heavy atom. The molecule has 128 valence electrons. The van der Waals surface area contributed by atoms with E-state index in [0.29, 0.717) is 17.2 Å². The van der Waals surface area contributed by atoms with Crippen molar-refractivity contribution in [3.05, 3.63) is 53.6 Å². The van der Waals surface area contributed by atoms with Crippen molar-refractivity contribution in [3.63, 3.8) is 0 Å². The average Bonchev–Trinajstić information content (AvgIpc) is 2.91. The first-order valence-electron chi connectivity index (χ1n) is 7.95. The van der Waals surface area contributed by atoms with Gasteiger partial charge in [0.05, 0.1) is 25.1 Å². The number of para-hydroxylation sites is 1. The van der Waals surface area contributed by atoms with Gasteiger partial charge in [-0.15, -0.1) is 5.10 Å². The number of hydrogen-bond acceptors (Lipinski definition) is 5. The van der Waals surface area contributed by atoms with Gasteiger partial charge in [0.2, 0.25) is 0 Å².